The summed E-state index contributed by atoms with van der Waals surface area (Å²) < 4.78 is 7.10. The molecule has 7 heteroatoms. The summed E-state index contributed by atoms with van der Waals surface area (Å²) in [7, 11) is 3.68. The number of hydrogen-bond donors (Lipinski definition) is 2. The van der Waals surface area contributed by atoms with Crippen LogP contribution >= 0.6 is 0 Å². The van der Waals surface area contributed by atoms with Crippen molar-refractivity contribution in [2.75, 3.05) is 45.2 Å². The Morgan fingerprint density at radius 1 is 0.912 bits per heavy atom. The Hall–Kier alpha value is -3.45. The molecular weight excluding hydrogens is 430 g/mol. The fourth-order valence-electron chi connectivity index (χ4n) is 4.36. The van der Waals surface area contributed by atoms with E-state index in [1.54, 1.807) is 33.9 Å². The highest BCUT2D eigenvalue weighted by Crippen LogP contribution is 2.47. The van der Waals surface area contributed by atoms with Crippen LogP contribution in [0.2, 0.25) is 0 Å². The topological polar surface area (TPSA) is 78.2 Å². The first-order chi connectivity index (χ1) is 16.1. The summed E-state index contributed by atoms with van der Waals surface area (Å²) in [5, 5.41) is 22.0. The van der Waals surface area contributed by atoms with Crippen LogP contribution in [0.5, 0.6) is 17.4 Å². The molecule has 0 radical (unpaired) electrons. The number of para-hydroxylation sites is 1. The van der Waals surface area contributed by atoms with Gasteiger partial charge in [0.25, 0.3) is 0 Å². The van der Waals surface area contributed by atoms with Gasteiger partial charge in [0, 0.05) is 48.5 Å². The molecule has 0 saturated carbocycles. The lowest BCUT2D eigenvalue weighted by atomic mass is 9.85. The number of carbonyl (C=O) groups excluding carboxylic acids is 1. The Morgan fingerprint density at radius 3 is 2.09 bits per heavy atom. The molecule has 0 unspecified atom stereocenters. The van der Waals surface area contributed by atoms with Crippen molar-refractivity contribution in [3.63, 3.8) is 0 Å². The van der Waals surface area contributed by atoms with E-state index in [9.17, 15) is 15.0 Å². The summed E-state index contributed by atoms with van der Waals surface area (Å²) in [6.07, 6.45) is 0. The standard InChI is InChI=1S/C27H33N3O4/c1-27(2,3)25(32)22-23(20-8-6-7-9-21(20)34-5)30(26(33)24(22)31)19-12-10-18(11-13-19)29-16-14-28(4)15-17-29/h6-13,31,33H,14-17H2,1-5H3. The first-order valence-electron chi connectivity index (χ1n) is 11.5. The minimum absolute atomic E-state index is 0.0812. The molecular formula is C27H33N3O4. The van der Waals surface area contributed by atoms with Crippen molar-refractivity contribution in [2.24, 2.45) is 5.41 Å². The minimum Gasteiger partial charge on any atom is -0.503 e. The van der Waals surface area contributed by atoms with Crippen LogP contribution in [0.25, 0.3) is 16.9 Å². The maximum Gasteiger partial charge on any atom is 0.240 e. The second-order valence-corrected chi connectivity index (χ2v) is 9.82. The lowest BCUT2D eigenvalue weighted by Gasteiger charge is -2.34. The van der Waals surface area contributed by atoms with E-state index in [0.717, 1.165) is 31.9 Å². The largest absolute Gasteiger partial charge is 0.503 e. The van der Waals surface area contributed by atoms with Gasteiger partial charge >= 0.3 is 0 Å². The predicted octanol–water partition coefficient (Wildman–Crippen LogP) is 4.54. The third-order valence-corrected chi connectivity index (χ3v) is 6.37. The Bertz CT molecular complexity index is 1180. The quantitative estimate of drug-likeness (QED) is 0.541. The molecule has 0 aliphatic carbocycles. The molecule has 1 saturated heterocycles. The van der Waals surface area contributed by atoms with Crippen LogP contribution in [0.3, 0.4) is 0 Å². The Balaban J connectivity index is 1.88. The van der Waals surface area contributed by atoms with E-state index in [0.29, 0.717) is 22.7 Å². The highest BCUT2D eigenvalue weighted by Gasteiger charge is 2.35. The third-order valence-electron chi connectivity index (χ3n) is 6.37. The van der Waals surface area contributed by atoms with Crippen LogP contribution in [-0.2, 0) is 0 Å². The van der Waals surface area contributed by atoms with Crippen molar-refractivity contribution in [3.05, 3.63) is 54.1 Å². The number of aromatic nitrogens is 1. The molecule has 2 aromatic carbocycles. The molecule has 34 heavy (non-hydrogen) atoms. The number of hydrogen-bond acceptors (Lipinski definition) is 6. The van der Waals surface area contributed by atoms with Gasteiger partial charge in [-0.05, 0) is 43.4 Å². The Morgan fingerprint density at radius 2 is 1.50 bits per heavy atom. The van der Waals surface area contributed by atoms with E-state index < -0.39 is 11.2 Å². The number of ether oxygens (including phenoxy) is 1. The zero-order chi connectivity index (χ0) is 24.6. The first-order valence-corrected chi connectivity index (χ1v) is 11.5. The Labute approximate surface area is 200 Å². The van der Waals surface area contributed by atoms with Gasteiger partial charge in [0.05, 0.1) is 18.4 Å². The second kappa shape index (κ2) is 9.06. The fourth-order valence-corrected chi connectivity index (χ4v) is 4.36. The molecule has 1 aromatic heterocycles. The first kappa shape index (κ1) is 23.7. The van der Waals surface area contributed by atoms with Gasteiger partial charge in [-0.2, -0.15) is 0 Å². The van der Waals surface area contributed by atoms with E-state index in [4.69, 9.17) is 4.74 Å². The summed E-state index contributed by atoms with van der Waals surface area (Å²) in [5.41, 5.74) is 2.06. The van der Waals surface area contributed by atoms with Crippen LogP contribution in [0, 0.1) is 5.41 Å². The number of anilines is 1. The van der Waals surface area contributed by atoms with Crippen molar-refractivity contribution < 1.29 is 19.7 Å². The highest BCUT2D eigenvalue weighted by molar-refractivity contribution is 6.08. The zero-order valence-corrected chi connectivity index (χ0v) is 20.5. The number of carbonyl (C=O) groups is 1. The van der Waals surface area contributed by atoms with Crippen LogP contribution in [0.1, 0.15) is 31.1 Å². The maximum absolute atomic E-state index is 13.4. The second-order valence-electron chi connectivity index (χ2n) is 9.82. The summed E-state index contributed by atoms with van der Waals surface area (Å²) >= 11 is 0. The minimum atomic E-state index is -0.766. The Kier molecular flexibility index (Phi) is 6.32. The molecule has 2 N–H and O–H groups in total. The number of likely N-dealkylation sites (N-methyl/N-ethyl adjacent to an activating group) is 1. The van der Waals surface area contributed by atoms with Crippen molar-refractivity contribution >= 4 is 11.5 Å². The van der Waals surface area contributed by atoms with Crippen LogP contribution < -0.4 is 9.64 Å². The maximum atomic E-state index is 13.4. The van der Waals surface area contributed by atoms with Gasteiger partial charge in [0.2, 0.25) is 5.88 Å². The van der Waals surface area contributed by atoms with Crippen LogP contribution in [-0.4, -0.2) is 65.8 Å². The third kappa shape index (κ3) is 4.23. The van der Waals surface area contributed by atoms with Crippen molar-refractivity contribution in [1.82, 2.24) is 9.47 Å². The number of ketones is 1. The lowest BCUT2D eigenvalue weighted by molar-refractivity contribution is 0.0856. The number of rotatable bonds is 5. The van der Waals surface area contributed by atoms with Crippen LogP contribution in [0.4, 0.5) is 5.69 Å². The van der Waals surface area contributed by atoms with E-state index in [-0.39, 0.29) is 17.2 Å². The molecule has 3 aromatic rings. The van der Waals surface area contributed by atoms with Crippen LogP contribution in [0.15, 0.2) is 48.5 Å². The van der Waals surface area contributed by atoms with Gasteiger partial charge in [0.15, 0.2) is 11.5 Å². The normalized spacial score (nSPS) is 14.9. The van der Waals surface area contributed by atoms with E-state index in [1.807, 2.05) is 42.5 Å². The van der Waals surface area contributed by atoms with Gasteiger partial charge in [-0.1, -0.05) is 32.9 Å². The summed E-state index contributed by atoms with van der Waals surface area (Å²) in [4.78, 5) is 18.1. The van der Waals surface area contributed by atoms with Gasteiger partial charge in [-0.3, -0.25) is 9.36 Å². The van der Waals surface area contributed by atoms with Gasteiger partial charge in [-0.25, -0.2) is 0 Å². The van der Waals surface area contributed by atoms with E-state index in [1.165, 1.54) is 4.57 Å². The fraction of sp³-hybridized carbons (Fsp3) is 0.370. The summed E-state index contributed by atoms with van der Waals surface area (Å²) in [6, 6.07) is 15.1. The van der Waals surface area contributed by atoms with Crippen molar-refractivity contribution in [3.8, 4) is 34.3 Å². The predicted molar refractivity (Wildman–Crippen MR) is 135 cm³/mol. The number of methoxy groups -OCH3 is 1. The molecule has 4 rings (SSSR count). The molecule has 1 aliphatic rings. The highest BCUT2D eigenvalue weighted by atomic mass is 16.5. The average Bonchev–Trinajstić information content (AvgIpc) is 3.08. The average molecular weight is 464 g/mol. The number of nitrogens with zero attached hydrogens (tertiary/aromatic N) is 3. The van der Waals surface area contributed by atoms with Gasteiger partial charge in [-0.15, -0.1) is 0 Å². The molecule has 1 fully saturated rings. The molecule has 0 atom stereocenters. The summed E-state index contributed by atoms with van der Waals surface area (Å²) in [6.45, 7) is 9.28. The number of benzene rings is 2. The molecule has 2 heterocycles. The molecule has 1 aliphatic heterocycles. The molecule has 7 nitrogen and oxygen atoms in total. The number of aromatic hydroxyl groups is 2. The lowest BCUT2D eigenvalue weighted by Crippen LogP contribution is -2.44. The molecule has 0 bridgehead atoms. The monoisotopic (exact) mass is 463 g/mol. The number of Topliss-reactive ketones (excluding diaryl/α,β-unsaturated/α-hetero) is 1. The number of piperazine rings is 1. The molecule has 0 spiro atoms. The molecule has 0 amide bonds. The van der Waals surface area contributed by atoms with E-state index >= 15 is 0 Å². The summed E-state index contributed by atoms with van der Waals surface area (Å²) in [5.74, 6) is -0.530. The smallest absolute Gasteiger partial charge is 0.240 e. The zero-order valence-electron chi connectivity index (χ0n) is 20.5. The van der Waals surface area contributed by atoms with E-state index in [2.05, 4.69) is 16.8 Å². The molecule has 180 valence electrons. The van der Waals surface area contributed by atoms with Gasteiger partial charge < -0.3 is 24.7 Å². The van der Waals surface area contributed by atoms with Gasteiger partial charge in [0.1, 0.15) is 5.75 Å². The SMILES string of the molecule is COc1ccccc1-c1c(C(=O)C(C)(C)C)c(O)c(O)n1-c1ccc(N2CCN(C)CC2)cc1. The van der Waals surface area contributed by atoms with Crippen molar-refractivity contribution in [2.45, 2.75) is 20.8 Å². The van der Waals surface area contributed by atoms with Crippen molar-refractivity contribution in [1.29, 1.82) is 0 Å².